The van der Waals surface area contributed by atoms with Crippen LogP contribution in [-0.2, 0) is 14.3 Å². The number of hydrogen-bond donors (Lipinski definition) is 2. The maximum atomic E-state index is 12.8. The molecule has 0 amide bonds. The second-order valence-corrected chi connectivity index (χ2v) is 7.84. The normalized spacial score (nSPS) is 24.4. The Morgan fingerprint density at radius 3 is 2.19 bits per heavy atom. The van der Waals surface area contributed by atoms with Gasteiger partial charge in [0.25, 0.3) is 0 Å². The van der Waals surface area contributed by atoms with E-state index in [1.54, 1.807) is 0 Å². The molecule has 27 heavy (non-hydrogen) atoms. The number of carbonyl (C=O) groups is 2. The first-order valence-electron chi connectivity index (χ1n) is 9.44. The molecule has 2 aromatic carbocycles. The summed E-state index contributed by atoms with van der Waals surface area (Å²) in [5, 5.41) is 12.4. The third-order valence-corrected chi connectivity index (χ3v) is 6.33. The van der Waals surface area contributed by atoms with Crippen molar-refractivity contribution in [3.05, 3.63) is 59.7 Å². The van der Waals surface area contributed by atoms with Crippen LogP contribution in [0.1, 0.15) is 36.3 Å². The number of carboxylic acids is 1. The Morgan fingerprint density at radius 2 is 1.63 bits per heavy atom. The molecule has 138 valence electrons. The molecule has 2 aliphatic carbocycles. The van der Waals surface area contributed by atoms with Crippen molar-refractivity contribution in [2.75, 3.05) is 6.61 Å². The van der Waals surface area contributed by atoms with Gasteiger partial charge in [0, 0.05) is 11.5 Å². The van der Waals surface area contributed by atoms with Gasteiger partial charge in [-0.15, -0.1) is 0 Å². The van der Waals surface area contributed by atoms with Gasteiger partial charge in [0.2, 0.25) is 0 Å². The Kier molecular flexibility index (Phi) is 3.62. The van der Waals surface area contributed by atoms with Gasteiger partial charge < -0.3 is 9.84 Å². The summed E-state index contributed by atoms with van der Waals surface area (Å²) in [5.74, 6) is -1.51. The molecular weight excluding hydrogens is 342 g/mol. The number of carbonyl (C=O) groups excluding carboxylic acids is 1. The number of carboxylic acid groups (broad SMARTS) is 1. The first kappa shape index (κ1) is 16.5. The van der Waals surface area contributed by atoms with E-state index in [1.807, 2.05) is 24.3 Å². The maximum Gasteiger partial charge on any atom is 0.320 e. The van der Waals surface area contributed by atoms with E-state index in [2.05, 4.69) is 29.6 Å². The highest BCUT2D eigenvalue weighted by atomic mass is 16.5. The van der Waals surface area contributed by atoms with Crippen molar-refractivity contribution >= 4 is 11.9 Å². The Balaban J connectivity index is 1.35. The van der Waals surface area contributed by atoms with Crippen molar-refractivity contribution in [2.45, 2.75) is 36.8 Å². The molecule has 1 unspecified atom stereocenters. The van der Waals surface area contributed by atoms with Crippen LogP contribution in [0, 0.1) is 5.92 Å². The van der Waals surface area contributed by atoms with Crippen LogP contribution in [-0.4, -0.2) is 35.2 Å². The largest absolute Gasteiger partial charge is 0.480 e. The lowest BCUT2D eigenvalue weighted by Gasteiger charge is -2.19. The van der Waals surface area contributed by atoms with Crippen molar-refractivity contribution in [1.82, 2.24) is 5.32 Å². The lowest BCUT2D eigenvalue weighted by molar-refractivity contribution is -0.149. The molecule has 2 N–H and O–H groups in total. The van der Waals surface area contributed by atoms with Crippen molar-refractivity contribution in [2.24, 2.45) is 5.92 Å². The van der Waals surface area contributed by atoms with Gasteiger partial charge in [-0.05, 0) is 41.5 Å². The first-order chi connectivity index (χ1) is 13.1. The lowest BCUT2D eigenvalue weighted by Crippen LogP contribution is -2.39. The molecule has 1 saturated heterocycles. The van der Waals surface area contributed by atoms with Crippen molar-refractivity contribution < 1.29 is 19.4 Å². The van der Waals surface area contributed by atoms with Crippen LogP contribution in [0.5, 0.6) is 0 Å². The van der Waals surface area contributed by atoms with Gasteiger partial charge >= 0.3 is 11.9 Å². The number of aliphatic carboxylic acids is 1. The highest BCUT2D eigenvalue weighted by molar-refractivity contribution is 5.82. The molecular formula is C22H21NO4. The summed E-state index contributed by atoms with van der Waals surface area (Å²) in [7, 11) is 0. The number of fused-ring (bicyclic) bond motifs is 3. The third kappa shape index (κ3) is 2.57. The zero-order valence-electron chi connectivity index (χ0n) is 14.9. The molecule has 5 nitrogen and oxygen atoms in total. The summed E-state index contributed by atoms with van der Waals surface area (Å²) in [6.45, 7) is 0.289. The van der Waals surface area contributed by atoms with Gasteiger partial charge in [0.05, 0.1) is 5.92 Å². The fraction of sp³-hybridized carbons (Fsp3) is 0.364. The number of benzene rings is 2. The van der Waals surface area contributed by atoms with Crippen LogP contribution in [0.25, 0.3) is 11.1 Å². The highest BCUT2D eigenvalue weighted by Crippen LogP contribution is 2.50. The Labute approximate surface area is 157 Å². The number of nitrogens with one attached hydrogen (secondary N) is 1. The molecule has 1 spiro atoms. The van der Waals surface area contributed by atoms with E-state index in [4.69, 9.17) is 4.74 Å². The Bertz CT molecular complexity index is 888. The van der Waals surface area contributed by atoms with E-state index in [0.717, 1.165) is 12.8 Å². The quantitative estimate of drug-likeness (QED) is 0.817. The van der Waals surface area contributed by atoms with Crippen molar-refractivity contribution in [3.63, 3.8) is 0 Å². The number of hydrogen-bond acceptors (Lipinski definition) is 4. The van der Waals surface area contributed by atoms with Crippen molar-refractivity contribution in [1.29, 1.82) is 0 Å². The standard InChI is InChI=1S/C22H21NO4/c24-20(25)19-11-18(22(23-19)9-10-22)21(26)27-12-17-15-7-3-1-5-13(15)14-6-2-4-8-16(14)17/h1-8,17-19,23H,9-12H2,(H,24,25)/t18?,19-/m0/s1. The van der Waals surface area contributed by atoms with Gasteiger partial charge in [-0.2, -0.15) is 0 Å². The molecule has 2 atom stereocenters. The van der Waals surface area contributed by atoms with Crippen molar-refractivity contribution in [3.8, 4) is 11.1 Å². The molecule has 5 heteroatoms. The Hall–Kier alpha value is -2.66. The second-order valence-electron chi connectivity index (χ2n) is 7.84. The topological polar surface area (TPSA) is 75.6 Å². The minimum Gasteiger partial charge on any atom is -0.480 e. The summed E-state index contributed by atoms with van der Waals surface area (Å²) >= 11 is 0. The fourth-order valence-corrected chi connectivity index (χ4v) is 4.79. The smallest absolute Gasteiger partial charge is 0.320 e. The van der Waals surface area contributed by atoms with E-state index >= 15 is 0 Å². The average Bonchev–Trinajstić information content (AvgIpc) is 3.23. The predicted octanol–water partition coefficient (Wildman–Crippen LogP) is 2.94. The third-order valence-electron chi connectivity index (χ3n) is 6.33. The molecule has 2 aromatic rings. The molecule has 3 aliphatic rings. The van der Waals surface area contributed by atoms with Crippen LogP contribution < -0.4 is 5.32 Å². The van der Waals surface area contributed by atoms with Gasteiger partial charge in [0.1, 0.15) is 12.6 Å². The second kappa shape index (κ2) is 5.92. The molecule has 1 saturated carbocycles. The zero-order valence-corrected chi connectivity index (χ0v) is 14.9. The SMILES string of the molecule is O=C(OCC1c2ccccc2-c2ccccc21)C1C[C@@H](C(=O)O)NC12CC2. The predicted molar refractivity (Wildman–Crippen MR) is 99.3 cm³/mol. The van der Waals surface area contributed by atoms with E-state index < -0.39 is 12.0 Å². The van der Waals surface area contributed by atoms with Crippen LogP contribution in [0.2, 0.25) is 0 Å². The van der Waals surface area contributed by atoms with E-state index in [-0.39, 0.29) is 30.0 Å². The molecule has 0 aromatic heterocycles. The minimum absolute atomic E-state index is 0.0288. The molecule has 5 rings (SSSR count). The van der Waals surface area contributed by atoms with Gasteiger partial charge in [-0.25, -0.2) is 0 Å². The summed E-state index contributed by atoms with van der Waals surface area (Å²) in [6.07, 6.45) is 1.99. The fourth-order valence-electron chi connectivity index (χ4n) is 4.79. The maximum absolute atomic E-state index is 12.8. The van der Waals surface area contributed by atoms with Crippen LogP contribution in [0.4, 0.5) is 0 Å². The van der Waals surface area contributed by atoms with Gasteiger partial charge in [-0.3, -0.25) is 14.9 Å². The monoisotopic (exact) mass is 363 g/mol. The van der Waals surface area contributed by atoms with Gasteiger partial charge in [-0.1, -0.05) is 48.5 Å². The van der Waals surface area contributed by atoms with Crippen LogP contribution >= 0.6 is 0 Å². The molecule has 1 heterocycles. The first-order valence-corrected chi connectivity index (χ1v) is 9.44. The zero-order chi connectivity index (χ0) is 18.6. The average molecular weight is 363 g/mol. The van der Waals surface area contributed by atoms with Crippen LogP contribution in [0.15, 0.2) is 48.5 Å². The summed E-state index contributed by atoms with van der Waals surface area (Å²) < 4.78 is 5.76. The van der Waals surface area contributed by atoms with Crippen LogP contribution in [0.3, 0.4) is 0 Å². The molecule has 0 radical (unpaired) electrons. The number of esters is 1. The van der Waals surface area contributed by atoms with E-state index in [0.29, 0.717) is 6.42 Å². The Morgan fingerprint density at radius 1 is 1.04 bits per heavy atom. The van der Waals surface area contributed by atoms with E-state index in [9.17, 15) is 14.7 Å². The molecule has 0 bridgehead atoms. The summed E-state index contributed by atoms with van der Waals surface area (Å²) in [6, 6.07) is 15.8. The number of ether oxygens (including phenoxy) is 1. The highest BCUT2D eigenvalue weighted by Gasteiger charge is 2.60. The summed E-state index contributed by atoms with van der Waals surface area (Å²) in [4.78, 5) is 24.1. The lowest BCUT2D eigenvalue weighted by atomic mass is 9.96. The summed E-state index contributed by atoms with van der Waals surface area (Å²) in [5.41, 5.74) is 4.40. The number of rotatable bonds is 4. The van der Waals surface area contributed by atoms with E-state index in [1.165, 1.54) is 22.3 Å². The molecule has 1 aliphatic heterocycles. The molecule has 2 fully saturated rings. The minimum atomic E-state index is -0.893. The van der Waals surface area contributed by atoms with Gasteiger partial charge in [0.15, 0.2) is 0 Å².